The van der Waals surface area contributed by atoms with Gasteiger partial charge in [0.1, 0.15) is 0 Å². The Morgan fingerprint density at radius 3 is 2.71 bits per heavy atom. The van der Waals surface area contributed by atoms with Crippen molar-refractivity contribution < 1.29 is 19.2 Å². The zero-order valence-electron chi connectivity index (χ0n) is 14.1. The van der Waals surface area contributed by atoms with Crippen LogP contribution in [0, 0.1) is 5.92 Å². The van der Waals surface area contributed by atoms with Crippen LogP contribution in [0.2, 0.25) is 0 Å². The Morgan fingerprint density at radius 1 is 1.25 bits per heavy atom. The van der Waals surface area contributed by atoms with Gasteiger partial charge in [-0.1, -0.05) is 18.0 Å². The second kappa shape index (κ2) is 7.32. The van der Waals surface area contributed by atoms with Crippen molar-refractivity contribution in [3.05, 3.63) is 11.7 Å². The van der Waals surface area contributed by atoms with Crippen molar-refractivity contribution >= 4 is 11.9 Å². The topological polar surface area (TPSA) is 96.5 Å². The van der Waals surface area contributed by atoms with E-state index in [0.29, 0.717) is 31.2 Å². The van der Waals surface area contributed by atoms with Gasteiger partial charge in [-0.2, -0.15) is 4.98 Å². The van der Waals surface area contributed by atoms with Crippen LogP contribution in [0.3, 0.4) is 0 Å². The summed E-state index contributed by atoms with van der Waals surface area (Å²) in [6.45, 7) is 2.27. The summed E-state index contributed by atoms with van der Waals surface area (Å²) in [5.74, 6) is 0.364. The number of carbonyl (C=O) groups is 2. The van der Waals surface area contributed by atoms with Crippen LogP contribution in [-0.4, -0.2) is 44.6 Å². The Bertz CT molecular complexity index is 594. The molecule has 1 aliphatic heterocycles. The molecule has 0 bridgehead atoms. The molecule has 7 heteroatoms. The molecule has 1 saturated carbocycles. The number of carboxylic acids is 1. The lowest BCUT2D eigenvalue weighted by atomic mass is 9.93. The largest absolute Gasteiger partial charge is 0.481 e. The predicted molar refractivity (Wildman–Crippen MR) is 85.4 cm³/mol. The lowest BCUT2D eigenvalue weighted by Gasteiger charge is -2.36. The van der Waals surface area contributed by atoms with Crippen LogP contribution in [0.1, 0.15) is 69.5 Å². The Kier molecular flexibility index (Phi) is 5.16. The van der Waals surface area contributed by atoms with Gasteiger partial charge in [-0.15, -0.1) is 0 Å². The summed E-state index contributed by atoms with van der Waals surface area (Å²) >= 11 is 0. The molecule has 1 N–H and O–H groups in total. The van der Waals surface area contributed by atoms with Crippen LogP contribution in [-0.2, 0) is 16.0 Å². The molecule has 3 rings (SSSR count). The number of likely N-dealkylation sites (tertiary alicyclic amines) is 1. The first-order chi connectivity index (χ1) is 11.5. The smallest absolute Gasteiger partial charge is 0.308 e. The van der Waals surface area contributed by atoms with E-state index in [4.69, 9.17) is 9.63 Å². The van der Waals surface area contributed by atoms with Gasteiger partial charge in [-0.25, -0.2) is 0 Å². The highest BCUT2D eigenvalue weighted by molar-refractivity contribution is 5.78. The summed E-state index contributed by atoms with van der Waals surface area (Å²) in [6.07, 6.45) is 6.71. The monoisotopic (exact) mass is 335 g/mol. The molecule has 0 radical (unpaired) electrons. The molecule has 1 aromatic rings. The molecule has 2 fully saturated rings. The van der Waals surface area contributed by atoms with Crippen LogP contribution in [0.25, 0.3) is 0 Å². The molecular formula is C17H25N3O4. The maximum atomic E-state index is 12.5. The van der Waals surface area contributed by atoms with Gasteiger partial charge in [0.15, 0.2) is 5.82 Å². The lowest BCUT2D eigenvalue weighted by Crippen LogP contribution is -2.47. The third-order valence-corrected chi connectivity index (χ3v) is 5.31. The van der Waals surface area contributed by atoms with E-state index in [2.05, 4.69) is 10.1 Å². The summed E-state index contributed by atoms with van der Waals surface area (Å²) < 4.78 is 5.28. The number of amides is 1. The third-order valence-electron chi connectivity index (χ3n) is 5.31. The Hall–Kier alpha value is -1.92. The molecule has 24 heavy (non-hydrogen) atoms. The number of aliphatic carboxylic acids is 1. The maximum absolute atomic E-state index is 12.5. The number of hydrogen-bond acceptors (Lipinski definition) is 5. The van der Waals surface area contributed by atoms with Gasteiger partial charge in [0.05, 0.1) is 5.92 Å². The van der Waals surface area contributed by atoms with Gasteiger partial charge >= 0.3 is 5.97 Å². The van der Waals surface area contributed by atoms with Crippen molar-refractivity contribution in [2.45, 2.75) is 70.3 Å². The fourth-order valence-corrected chi connectivity index (χ4v) is 3.73. The van der Waals surface area contributed by atoms with Crippen LogP contribution >= 0.6 is 0 Å². The fourth-order valence-electron chi connectivity index (χ4n) is 3.73. The quantitative estimate of drug-likeness (QED) is 0.887. The molecule has 1 amide bonds. The van der Waals surface area contributed by atoms with Gasteiger partial charge in [0.2, 0.25) is 11.8 Å². The van der Waals surface area contributed by atoms with Crippen molar-refractivity contribution in [2.24, 2.45) is 5.92 Å². The molecule has 0 aromatic carbocycles. The minimum atomic E-state index is -0.821. The first kappa shape index (κ1) is 16.9. The van der Waals surface area contributed by atoms with Gasteiger partial charge in [-0.05, 0) is 32.6 Å². The predicted octanol–water partition coefficient (Wildman–Crippen LogP) is 2.37. The van der Waals surface area contributed by atoms with Gasteiger partial charge < -0.3 is 14.5 Å². The average Bonchev–Trinajstić information content (AvgIpc) is 3.24. The number of aromatic nitrogens is 2. The van der Waals surface area contributed by atoms with Crippen molar-refractivity contribution in [1.82, 2.24) is 15.0 Å². The van der Waals surface area contributed by atoms with Crippen molar-refractivity contribution in [3.63, 3.8) is 0 Å². The average molecular weight is 335 g/mol. The van der Waals surface area contributed by atoms with E-state index in [1.54, 1.807) is 4.90 Å². The second-order valence-electron chi connectivity index (χ2n) is 7.04. The van der Waals surface area contributed by atoms with Crippen molar-refractivity contribution in [2.75, 3.05) is 6.54 Å². The van der Waals surface area contributed by atoms with E-state index in [1.807, 2.05) is 6.92 Å². The van der Waals surface area contributed by atoms with E-state index < -0.39 is 11.9 Å². The van der Waals surface area contributed by atoms with E-state index >= 15 is 0 Å². The van der Waals surface area contributed by atoms with E-state index in [1.165, 1.54) is 12.8 Å². The number of nitrogens with zero attached hydrogens (tertiary/aromatic N) is 3. The first-order valence-corrected chi connectivity index (χ1v) is 8.89. The SMILES string of the molecule is CC1CCC(C(=O)O)CN1C(=O)CCc1nc(C2CCCC2)no1. The van der Waals surface area contributed by atoms with E-state index in [0.717, 1.165) is 25.1 Å². The second-order valence-corrected chi connectivity index (χ2v) is 7.04. The highest BCUT2D eigenvalue weighted by Crippen LogP contribution is 2.32. The molecule has 1 aromatic heterocycles. The highest BCUT2D eigenvalue weighted by Gasteiger charge is 2.32. The molecule has 132 valence electrons. The normalized spacial score (nSPS) is 25.1. The maximum Gasteiger partial charge on any atom is 0.308 e. The summed E-state index contributed by atoms with van der Waals surface area (Å²) in [7, 11) is 0. The van der Waals surface area contributed by atoms with Gasteiger partial charge in [-0.3, -0.25) is 9.59 Å². The Morgan fingerprint density at radius 2 is 2.00 bits per heavy atom. The summed E-state index contributed by atoms with van der Waals surface area (Å²) in [5.41, 5.74) is 0. The van der Waals surface area contributed by atoms with Crippen LogP contribution in [0.5, 0.6) is 0 Å². The minimum absolute atomic E-state index is 0.0333. The van der Waals surface area contributed by atoms with E-state index in [9.17, 15) is 9.59 Å². The molecule has 2 aliphatic rings. The van der Waals surface area contributed by atoms with Crippen LogP contribution < -0.4 is 0 Å². The standard InChI is InChI=1S/C17H25N3O4/c1-11-6-7-13(17(22)23)10-20(11)15(21)9-8-14-18-16(19-24-14)12-4-2-3-5-12/h11-13H,2-10H2,1H3,(H,22,23). The molecule has 7 nitrogen and oxygen atoms in total. The number of aryl methyl sites for hydroxylation is 1. The summed E-state index contributed by atoms with van der Waals surface area (Å²) in [4.78, 5) is 29.7. The first-order valence-electron chi connectivity index (χ1n) is 8.89. The lowest BCUT2D eigenvalue weighted by molar-refractivity contribution is -0.147. The molecule has 1 aliphatic carbocycles. The van der Waals surface area contributed by atoms with Crippen LogP contribution in [0.4, 0.5) is 0 Å². The number of piperidine rings is 1. The molecular weight excluding hydrogens is 310 g/mol. The zero-order valence-corrected chi connectivity index (χ0v) is 14.1. The molecule has 0 spiro atoms. The van der Waals surface area contributed by atoms with Crippen molar-refractivity contribution in [1.29, 1.82) is 0 Å². The highest BCUT2D eigenvalue weighted by atomic mass is 16.5. The Balaban J connectivity index is 1.53. The Labute approximate surface area is 141 Å². The number of hydrogen-bond donors (Lipinski definition) is 1. The van der Waals surface area contributed by atoms with Crippen molar-refractivity contribution in [3.8, 4) is 0 Å². The molecule has 1 saturated heterocycles. The number of carboxylic acid groups (broad SMARTS) is 1. The zero-order chi connectivity index (χ0) is 17.1. The molecule has 2 heterocycles. The third kappa shape index (κ3) is 3.76. The fraction of sp³-hybridized carbons (Fsp3) is 0.765. The summed E-state index contributed by atoms with van der Waals surface area (Å²) in [5, 5.41) is 13.2. The molecule has 2 unspecified atom stereocenters. The van der Waals surface area contributed by atoms with E-state index in [-0.39, 0.29) is 18.4 Å². The van der Waals surface area contributed by atoms with Gasteiger partial charge in [0, 0.05) is 31.3 Å². The van der Waals surface area contributed by atoms with Crippen LogP contribution in [0.15, 0.2) is 4.52 Å². The minimum Gasteiger partial charge on any atom is -0.481 e. The number of rotatable bonds is 5. The summed E-state index contributed by atoms with van der Waals surface area (Å²) in [6, 6.07) is 0.0878. The van der Waals surface area contributed by atoms with Gasteiger partial charge in [0.25, 0.3) is 0 Å². The number of carbonyl (C=O) groups excluding carboxylic acids is 1. The molecule has 2 atom stereocenters.